The maximum absolute atomic E-state index is 8.76. The molecule has 2 heteroatoms. The molecule has 0 saturated heterocycles. The second-order valence-corrected chi connectivity index (χ2v) is 13.0. The van der Waals surface area contributed by atoms with Crippen LogP contribution >= 0.6 is 0 Å². The van der Waals surface area contributed by atoms with Gasteiger partial charge in [0, 0.05) is 12.8 Å². The highest BCUT2D eigenvalue weighted by atomic mass is 14.3. The van der Waals surface area contributed by atoms with Crippen LogP contribution in [0.1, 0.15) is 219 Å². The zero-order valence-corrected chi connectivity index (χ0v) is 27.7. The van der Waals surface area contributed by atoms with Gasteiger partial charge in [-0.05, 0) is 24.7 Å². The predicted octanol–water partition coefficient (Wildman–Crippen LogP) is 13.8. The molecule has 0 amide bonds. The maximum Gasteiger partial charge on any atom is 0.0621 e. The minimum Gasteiger partial charge on any atom is -0.198 e. The SMILES string of the molecule is CCCCCCCCCC(CCCCCCCCC#N)C(CCCCCCCCC)CCCCCCCCC#N. The van der Waals surface area contributed by atoms with E-state index in [-0.39, 0.29) is 0 Å². The van der Waals surface area contributed by atoms with Crippen molar-refractivity contribution < 1.29 is 0 Å². The van der Waals surface area contributed by atoms with E-state index in [0.29, 0.717) is 0 Å². The van der Waals surface area contributed by atoms with E-state index in [1.807, 2.05) is 0 Å². The molecule has 2 atom stereocenters. The predicted molar refractivity (Wildman–Crippen MR) is 177 cm³/mol. The van der Waals surface area contributed by atoms with Crippen molar-refractivity contribution in [2.75, 3.05) is 0 Å². The number of unbranched alkanes of at least 4 members (excludes halogenated alkanes) is 24. The topological polar surface area (TPSA) is 47.6 Å². The van der Waals surface area contributed by atoms with Gasteiger partial charge < -0.3 is 0 Å². The van der Waals surface area contributed by atoms with Gasteiger partial charge in [0.2, 0.25) is 0 Å². The highest BCUT2D eigenvalue weighted by Crippen LogP contribution is 2.33. The molecule has 40 heavy (non-hydrogen) atoms. The van der Waals surface area contributed by atoms with Crippen LogP contribution in [0.3, 0.4) is 0 Å². The van der Waals surface area contributed by atoms with Crippen LogP contribution < -0.4 is 0 Å². The Balaban J connectivity index is 4.75. The van der Waals surface area contributed by atoms with Crippen molar-refractivity contribution in [3.05, 3.63) is 0 Å². The Morgan fingerprint density at radius 2 is 0.550 bits per heavy atom. The summed E-state index contributed by atoms with van der Waals surface area (Å²) in [5.74, 6) is 1.90. The van der Waals surface area contributed by atoms with Crippen LogP contribution in [0.2, 0.25) is 0 Å². The highest BCUT2D eigenvalue weighted by molar-refractivity contribution is 4.73. The van der Waals surface area contributed by atoms with Crippen LogP contribution in [0, 0.1) is 34.5 Å². The van der Waals surface area contributed by atoms with Gasteiger partial charge in [0.25, 0.3) is 0 Å². The largest absolute Gasteiger partial charge is 0.198 e. The van der Waals surface area contributed by atoms with Gasteiger partial charge in [-0.3, -0.25) is 0 Å². The lowest BCUT2D eigenvalue weighted by atomic mass is 9.78. The zero-order valence-electron chi connectivity index (χ0n) is 27.7. The molecule has 0 fully saturated rings. The molecule has 2 unspecified atom stereocenters. The van der Waals surface area contributed by atoms with Crippen LogP contribution in [0.5, 0.6) is 0 Å². The van der Waals surface area contributed by atoms with E-state index in [0.717, 1.165) is 37.5 Å². The van der Waals surface area contributed by atoms with Crippen molar-refractivity contribution >= 4 is 0 Å². The van der Waals surface area contributed by atoms with Crippen LogP contribution in [-0.2, 0) is 0 Å². The first-order valence-electron chi connectivity index (χ1n) is 18.5. The Kier molecular flexibility index (Phi) is 33.3. The third-order valence-corrected chi connectivity index (χ3v) is 9.25. The summed E-state index contributed by atoms with van der Waals surface area (Å²) in [4.78, 5) is 0. The number of nitriles is 2. The first-order chi connectivity index (χ1) is 19.8. The number of hydrogen-bond donors (Lipinski definition) is 0. The van der Waals surface area contributed by atoms with Crippen molar-refractivity contribution in [1.29, 1.82) is 10.5 Å². The summed E-state index contributed by atoms with van der Waals surface area (Å²) in [6.45, 7) is 4.63. The lowest BCUT2D eigenvalue weighted by molar-refractivity contribution is 0.236. The van der Waals surface area contributed by atoms with Crippen LogP contribution in [0.15, 0.2) is 0 Å². The van der Waals surface area contributed by atoms with Gasteiger partial charge in [-0.25, -0.2) is 0 Å². The molecule has 0 N–H and O–H groups in total. The molecule has 0 aliphatic heterocycles. The smallest absolute Gasteiger partial charge is 0.0621 e. The molecule has 0 aromatic rings. The summed E-state index contributed by atoms with van der Waals surface area (Å²) < 4.78 is 0. The maximum atomic E-state index is 8.76. The summed E-state index contributed by atoms with van der Waals surface area (Å²) in [5, 5.41) is 17.5. The number of nitrogens with zero attached hydrogens (tertiary/aromatic N) is 2. The van der Waals surface area contributed by atoms with E-state index in [4.69, 9.17) is 10.5 Å². The van der Waals surface area contributed by atoms with E-state index in [9.17, 15) is 0 Å². The lowest BCUT2D eigenvalue weighted by Crippen LogP contribution is -2.16. The Labute approximate surface area is 253 Å². The third-order valence-electron chi connectivity index (χ3n) is 9.25. The second kappa shape index (κ2) is 34.2. The van der Waals surface area contributed by atoms with E-state index >= 15 is 0 Å². The fourth-order valence-corrected chi connectivity index (χ4v) is 6.59. The molecule has 0 rings (SSSR count). The van der Waals surface area contributed by atoms with Crippen molar-refractivity contribution in [3.63, 3.8) is 0 Å². The summed E-state index contributed by atoms with van der Waals surface area (Å²) in [5.41, 5.74) is 0. The van der Waals surface area contributed by atoms with E-state index in [1.165, 1.54) is 180 Å². The van der Waals surface area contributed by atoms with Crippen LogP contribution in [-0.4, -0.2) is 0 Å². The molecule has 234 valence electrons. The van der Waals surface area contributed by atoms with Crippen LogP contribution in [0.25, 0.3) is 0 Å². The molecule has 0 aromatic carbocycles. The Bertz CT molecular complexity index is 507. The first kappa shape index (κ1) is 39.0. The minimum atomic E-state index is 0.737. The van der Waals surface area contributed by atoms with Gasteiger partial charge in [0.1, 0.15) is 0 Å². The molecular weight excluding hydrogens is 484 g/mol. The average Bonchev–Trinajstić information content (AvgIpc) is 2.96. The lowest BCUT2D eigenvalue weighted by Gasteiger charge is -2.28. The molecule has 0 heterocycles. The monoisotopic (exact) mass is 557 g/mol. The molecular formula is C38H72N2. The average molecular weight is 557 g/mol. The fourth-order valence-electron chi connectivity index (χ4n) is 6.59. The quantitative estimate of drug-likeness (QED) is 0.0754. The Morgan fingerprint density at radius 3 is 0.800 bits per heavy atom. The molecule has 0 aliphatic rings. The molecule has 0 bridgehead atoms. The van der Waals surface area contributed by atoms with Crippen molar-refractivity contribution in [2.24, 2.45) is 11.8 Å². The highest BCUT2D eigenvalue weighted by Gasteiger charge is 2.20. The van der Waals surface area contributed by atoms with Gasteiger partial charge in [-0.2, -0.15) is 10.5 Å². The fraction of sp³-hybridized carbons (Fsp3) is 0.947. The molecule has 0 aliphatic carbocycles. The van der Waals surface area contributed by atoms with E-state index in [2.05, 4.69) is 26.0 Å². The van der Waals surface area contributed by atoms with Gasteiger partial charge >= 0.3 is 0 Å². The Morgan fingerprint density at radius 1 is 0.325 bits per heavy atom. The van der Waals surface area contributed by atoms with Crippen molar-refractivity contribution in [1.82, 2.24) is 0 Å². The summed E-state index contributed by atoms with van der Waals surface area (Å²) in [7, 11) is 0. The van der Waals surface area contributed by atoms with Gasteiger partial charge in [0.15, 0.2) is 0 Å². The molecule has 0 aromatic heterocycles. The van der Waals surface area contributed by atoms with Crippen molar-refractivity contribution in [3.8, 4) is 12.1 Å². The molecule has 0 spiro atoms. The second-order valence-electron chi connectivity index (χ2n) is 13.0. The molecule has 0 saturated carbocycles. The van der Waals surface area contributed by atoms with E-state index in [1.54, 1.807) is 0 Å². The summed E-state index contributed by atoms with van der Waals surface area (Å²) in [6, 6.07) is 4.59. The van der Waals surface area contributed by atoms with Gasteiger partial charge in [0.05, 0.1) is 12.1 Å². The van der Waals surface area contributed by atoms with Crippen molar-refractivity contribution in [2.45, 2.75) is 219 Å². The van der Waals surface area contributed by atoms with Gasteiger partial charge in [-0.1, -0.05) is 194 Å². The molecule has 0 radical (unpaired) electrons. The minimum absolute atomic E-state index is 0.737. The van der Waals surface area contributed by atoms with E-state index < -0.39 is 0 Å². The normalized spacial score (nSPS) is 12.7. The first-order valence-corrected chi connectivity index (χ1v) is 18.5. The van der Waals surface area contributed by atoms with Gasteiger partial charge in [-0.15, -0.1) is 0 Å². The number of rotatable bonds is 33. The third kappa shape index (κ3) is 28.5. The standard InChI is InChI=1S/C38H72N2/c1-3-5-7-9-13-19-25-31-37(33-27-21-15-11-17-23-29-35-39)38(32-26-20-14-10-8-6-4-2)34-28-22-16-12-18-24-30-36-40/h37-38H,3-34H2,1-2H3. The number of hydrogen-bond acceptors (Lipinski definition) is 2. The summed E-state index contributed by atoms with van der Waals surface area (Å²) in [6.07, 6.45) is 43.0. The Hall–Kier alpha value is -1.02. The molecule has 2 nitrogen and oxygen atoms in total. The summed E-state index contributed by atoms with van der Waals surface area (Å²) >= 11 is 0. The van der Waals surface area contributed by atoms with Crippen LogP contribution in [0.4, 0.5) is 0 Å². The zero-order chi connectivity index (χ0) is 29.2.